The van der Waals surface area contributed by atoms with Crippen molar-refractivity contribution >= 4 is 11.3 Å². The Hall–Kier alpha value is -1.46. The third-order valence-corrected chi connectivity index (χ3v) is 3.47. The van der Waals surface area contributed by atoms with Gasteiger partial charge in [0.2, 0.25) is 0 Å². The molecule has 96 valence electrons. The maximum atomic E-state index is 5.39. The summed E-state index contributed by atoms with van der Waals surface area (Å²) in [4.78, 5) is 9.75. The zero-order chi connectivity index (χ0) is 12.8. The normalized spacial score (nSPS) is 12.3. The molecular weight excluding hydrogens is 246 g/mol. The predicted molar refractivity (Wildman–Crippen MR) is 73.0 cm³/mol. The van der Waals surface area contributed by atoms with Crippen LogP contribution in [0.5, 0.6) is 5.75 Å². The zero-order valence-corrected chi connectivity index (χ0v) is 11.4. The fourth-order valence-electron chi connectivity index (χ4n) is 1.78. The fraction of sp³-hybridized carbons (Fsp3) is 0.385. The summed E-state index contributed by atoms with van der Waals surface area (Å²) in [5.74, 6) is 0.805. The molecule has 0 aromatic carbocycles. The highest BCUT2D eigenvalue weighted by Crippen LogP contribution is 2.29. The lowest BCUT2D eigenvalue weighted by molar-refractivity contribution is 0.400. The quantitative estimate of drug-likeness (QED) is 0.870. The molecule has 0 bridgehead atoms. The second kappa shape index (κ2) is 6.47. The Morgan fingerprint density at radius 1 is 1.50 bits per heavy atom. The number of methoxy groups -OCH3 is 1. The topological polar surface area (TPSA) is 47.0 Å². The van der Waals surface area contributed by atoms with E-state index in [-0.39, 0.29) is 6.04 Å². The summed E-state index contributed by atoms with van der Waals surface area (Å²) in [6, 6.07) is 3.86. The number of pyridine rings is 1. The largest absolute Gasteiger partial charge is 0.495 e. The predicted octanol–water partition coefficient (Wildman–Crippen LogP) is 2.64. The minimum atomic E-state index is 0.0496. The lowest BCUT2D eigenvalue weighted by Gasteiger charge is -2.18. The molecule has 0 aliphatic rings. The Kier molecular flexibility index (Phi) is 4.66. The Bertz CT molecular complexity index is 473. The van der Waals surface area contributed by atoms with Crippen LogP contribution < -0.4 is 10.1 Å². The summed E-state index contributed by atoms with van der Waals surface area (Å²) in [6.07, 6.45) is 4.75. The van der Waals surface area contributed by atoms with Gasteiger partial charge >= 0.3 is 0 Å². The van der Waals surface area contributed by atoms with E-state index in [1.54, 1.807) is 24.6 Å². The second-order valence-corrected chi connectivity index (χ2v) is 4.80. The summed E-state index contributed by atoms with van der Waals surface area (Å²) in [5.41, 5.74) is 2.75. The number of aromatic nitrogens is 2. The second-order valence-electron chi connectivity index (χ2n) is 3.88. The summed E-state index contributed by atoms with van der Waals surface area (Å²) in [7, 11) is 1.67. The average molecular weight is 263 g/mol. The molecule has 4 nitrogen and oxygen atoms in total. The van der Waals surface area contributed by atoms with Crippen molar-refractivity contribution < 1.29 is 4.74 Å². The van der Waals surface area contributed by atoms with E-state index in [9.17, 15) is 0 Å². The van der Waals surface area contributed by atoms with Gasteiger partial charge in [0.25, 0.3) is 0 Å². The molecule has 2 aromatic heterocycles. The van der Waals surface area contributed by atoms with Crippen LogP contribution in [0.4, 0.5) is 0 Å². The van der Waals surface area contributed by atoms with Crippen LogP contribution in [-0.4, -0.2) is 23.6 Å². The molecule has 18 heavy (non-hydrogen) atoms. The van der Waals surface area contributed by atoms with Crippen molar-refractivity contribution in [3.05, 3.63) is 40.6 Å². The molecule has 0 radical (unpaired) electrons. The summed E-state index contributed by atoms with van der Waals surface area (Å²) in [5, 5.41) is 3.49. The van der Waals surface area contributed by atoms with E-state index in [4.69, 9.17) is 4.74 Å². The molecule has 1 atom stereocenters. The fourth-order valence-corrected chi connectivity index (χ4v) is 2.48. The van der Waals surface area contributed by atoms with E-state index in [1.165, 1.54) is 0 Å². The summed E-state index contributed by atoms with van der Waals surface area (Å²) >= 11 is 1.63. The first-order chi connectivity index (χ1) is 8.86. The van der Waals surface area contributed by atoms with E-state index in [2.05, 4.69) is 22.2 Å². The van der Waals surface area contributed by atoms with Gasteiger partial charge < -0.3 is 10.1 Å². The van der Waals surface area contributed by atoms with Gasteiger partial charge in [0.15, 0.2) is 0 Å². The summed E-state index contributed by atoms with van der Waals surface area (Å²) in [6.45, 7) is 3.08. The van der Waals surface area contributed by atoms with Crippen LogP contribution in [0.25, 0.3) is 0 Å². The molecule has 0 amide bonds. The number of ether oxygens (including phenoxy) is 1. The molecule has 0 spiro atoms. The Morgan fingerprint density at radius 2 is 2.39 bits per heavy atom. The molecule has 5 heteroatoms. The molecule has 2 heterocycles. The average Bonchev–Trinajstić information content (AvgIpc) is 2.94. The van der Waals surface area contributed by atoms with Crippen LogP contribution >= 0.6 is 11.3 Å². The zero-order valence-electron chi connectivity index (χ0n) is 10.6. The third kappa shape index (κ3) is 2.86. The maximum Gasteiger partial charge on any atom is 0.142 e. The van der Waals surface area contributed by atoms with Crippen molar-refractivity contribution in [3.8, 4) is 5.75 Å². The molecule has 1 unspecified atom stereocenters. The molecule has 2 rings (SSSR count). The van der Waals surface area contributed by atoms with Gasteiger partial charge in [-0.15, -0.1) is 11.3 Å². The van der Waals surface area contributed by atoms with Crippen LogP contribution in [0, 0.1) is 0 Å². The molecule has 2 aromatic rings. The number of thiazole rings is 1. The van der Waals surface area contributed by atoms with E-state index >= 15 is 0 Å². The first-order valence-electron chi connectivity index (χ1n) is 5.97. The van der Waals surface area contributed by atoms with E-state index in [1.807, 2.05) is 23.8 Å². The first kappa shape index (κ1) is 13.0. The van der Waals surface area contributed by atoms with Gasteiger partial charge in [-0.25, -0.2) is 0 Å². The van der Waals surface area contributed by atoms with Gasteiger partial charge in [-0.3, -0.25) is 9.97 Å². The maximum absolute atomic E-state index is 5.39. The van der Waals surface area contributed by atoms with Crippen molar-refractivity contribution in [2.75, 3.05) is 13.7 Å². The van der Waals surface area contributed by atoms with Crippen molar-refractivity contribution in [1.82, 2.24) is 15.3 Å². The van der Waals surface area contributed by atoms with Crippen LogP contribution in [0.3, 0.4) is 0 Å². The monoisotopic (exact) mass is 263 g/mol. The highest BCUT2D eigenvalue weighted by Gasteiger charge is 2.20. The Balaban J connectivity index is 2.33. The number of rotatable bonds is 6. The highest BCUT2D eigenvalue weighted by atomic mass is 32.1. The lowest BCUT2D eigenvalue weighted by atomic mass is 10.1. The van der Waals surface area contributed by atoms with Crippen LogP contribution in [0.15, 0.2) is 30.0 Å². The van der Waals surface area contributed by atoms with Crippen molar-refractivity contribution in [1.29, 1.82) is 0 Å². The lowest BCUT2D eigenvalue weighted by Crippen LogP contribution is -2.23. The minimum Gasteiger partial charge on any atom is -0.495 e. The van der Waals surface area contributed by atoms with E-state index in [0.29, 0.717) is 0 Å². The number of hydrogen-bond acceptors (Lipinski definition) is 5. The van der Waals surface area contributed by atoms with Gasteiger partial charge in [-0.2, -0.15) is 0 Å². The number of hydrogen-bond donors (Lipinski definition) is 1. The Labute approximate surface area is 111 Å². The van der Waals surface area contributed by atoms with E-state index in [0.717, 1.165) is 29.3 Å². The third-order valence-electron chi connectivity index (χ3n) is 2.63. The smallest absolute Gasteiger partial charge is 0.142 e. The van der Waals surface area contributed by atoms with Crippen LogP contribution in [-0.2, 0) is 0 Å². The standard InChI is InChI=1S/C13H17N3OS/c1-3-6-15-13(11-8-14-9-18-11)12-10(17-2)5-4-7-16-12/h4-5,7-9,13,15H,3,6H2,1-2H3. The first-order valence-corrected chi connectivity index (χ1v) is 6.85. The van der Waals surface area contributed by atoms with Crippen molar-refractivity contribution in [3.63, 3.8) is 0 Å². The molecule has 1 N–H and O–H groups in total. The number of nitrogens with one attached hydrogen (secondary N) is 1. The molecular formula is C13H17N3OS. The van der Waals surface area contributed by atoms with Crippen LogP contribution in [0.2, 0.25) is 0 Å². The van der Waals surface area contributed by atoms with Gasteiger partial charge in [-0.1, -0.05) is 6.92 Å². The SMILES string of the molecule is CCCNC(c1cncs1)c1ncccc1OC. The Morgan fingerprint density at radius 3 is 3.06 bits per heavy atom. The van der Waals surface area contributed by atoms with Gasteiger partial charge in [-0.05, 0) is 25.1 Å². The van der Waals surface area contributed by atoms with Crippen molar-refractivity contribution in [2.45, 2.75) is 19.4 Å². The van der Waals surface area contributed by atoms with Gasteiger partial charge in [0.05, 0.1) is 18.7 Å². The minimum absolute atomic E-state index is 0.0496. The number of nitrogens with zero attached hydrogens (tertiary/aromatic N) is 2. The highest BCUT2D eigenvalue weighted by molar-refractivity contribution is 7.09. The molecule has 0 fully saturated rings. The van der Waals surface area contributed by atoms with Gasteiger partial charge in [0, 0.05) is 17.3 Å². The summed E-state index contributed by atoms with van der Waals surface area (Å²) < 4.78 is 5.39. The van der Waals surface area contributed by atoms with E-state index < -0.39 is 0 Å². The molecule has 0 saturated carbocycles. The van der Waals surface area contributed by atoms with Crippen LogP contribution in [0.1, 0.15) is 30.0 Å². The molecule has 0 aliphatic heterocycles. The molecule has 0 saturated heterocycles. The van der Waals surface area contributed by atoms with Gasteiger partial charge in [0.1, 0.15) is 11.4 Å². The van der Waals surface area contributed by atoms with Crippen molar-refractivity contribution in [2.24, 2.45) is 0 Å². The molecule has 0 aliphatic carbocycles.